The number of halogens is 1. The first-order valence-corrected chi connectivity index (χ1v) is 9.21. The molecule has 1 aromatic carbocycles. The Kier molecular flexibility index (Phi) is 6.43. The van der Waals surface area contributed by atoms with Crippen LogP contribution >= 0.6 is 23.4 Å². The van der Waals surface area contributed by atoms with Crippen LogP contribution in [0, 0.1) is 11.8 Å². The smallest absolute Gasteiger partial charge is 0.230 e. The zero-order chi connectivity index (χ0) is 15.2. The van der Waals surface area contributed by atoms with Crippen molar-refractivity contribution in [2.24, 2.45) is 11.8 Å². The van der Waals surface area contributed by atoms with E-state index in [1.165, 1.54) is 18.4 Å². The second-order valence-electron chi connectivity index (χ2n) is 6.06. The van der Waals surface area contributed by atoms with E-state index in [0.29, 0.717) is 23.6 Å². The molecule has 0 heterocycles. The minimum absolute atomic E-state index is 0.160. The van der Waals surface area contributed by atoms with Crippen LogP contribution in [0.1, 0.15) is 38.7 Å². The molecular formula is C17H24ClNOS. The molecule has 0 spiro atoms. The third kappa shape index (κ3) is 5.23. The number of amides is 1. The first kappa shape index (κ1) is 16.7. The summed E-state index contributed by atoms with van der Waals surface area (Å²) in [6.45, 7) is 4.55. The molecule has 0 radical (unpaired) electrons. The van der Waals surface area contributed by atoms with Gasteiger partial charge in [-0.2, -0.15) is 0 Å². The predicted octanol–water partition coefficient (Wildman–Crippen LogP) is 4.51. The van der Waals surface area contributed by atoms with E-state index in [-0.39, 0.29) is 5.91 Å². The van der Waals surface area contributed by atoms with Crippen molar-refractivity contribution in [1.82, 2.24) is 5.32 Å². The van der Waals surface area contributed by atoms with Gasteiger partial charge in [0.15, 0.2) is 0 Å². The van der Waals surface area contributed by atoms with E-state index in [1.54, 1.807) is 11.8 Å². The van der Waals surface area contributed by atoms with Crippen LogP contribution in [0.25, 0.3) is 0 Å². The summed E-state index contributed by atoms with van der Waals surface area (Å²) in [5.74, 6) is 2.80. The van der Waals surface area contributed by atoms with Gasteiger partial charge in [0.1, 0.15) is 0 Å². The van der Waals surface area contributed by atoms with Crippen molar-refractivity contribution < 1.29 is 4.79 Å². The molecule has 0 bridgehead atoms. The van der Waals surface area contributed by atoms with Crippen LogP contribution in [-0.2, 0) is 10.5 Å². The molecule has 1 N–H and O–H groups in total. The van der Waals surface area contributed by atoms with Crippen LogP contribution in [0.5, 0.6) is 0 Å². The molecule has 1 aliphatic rings. The fraction of sp³-hybridized carbons (Fsp3) is 0.588. The van der Waals surface area contributed by atoms with Gasteiger partial charge in [-0.3, -0.25) is 4.79 Å². The second-order valence-corrected chi connectivity index (χ2v) is 7.49. The zero-order valence-corrected chi connectivity index (χ0v) is 14.3. The molecule has 2 nitrogen and oxygen atoms in total. The highest BCUT2D eigenvalue weighted by atomic mass is 35.5. The van der Waals surface area contributed by atoms with E-state index >= 15 is 0 Å². The Hall–Kier alpha value is -0.670. The molecule has 1 aliphatic carbocycles. The minimum Gasteiger partial charge on any atom is -0.352 e. The molecule has 1 fully saturated rings. The van der Waals surface area contributed by atoms with Gasteiger partial charge in [0, 0.05) is 16.8 Å². The summed E-state index contributed by atoms with van der Waals surface area (Å²) in [6.07, 6.45) is 3.64. The van der Waals surface area contributed by atoms with Crippen molar-refractivity contribution in [3.05, 3.63) is 34.9 Å². The summed E-state index contributed by atoms with van der Waals surface area (Å²) in [4.78, 5) is 12.1. The summed E-state index contributed by atoms with van der Waals surface area (Å²) < 4.78 is 0. The largest absolute Gasteiger partial charge is 0.352 e. The Labute approximate surface area is 137 Å². The number of carbonyl (C=O) groups excluding carboxylic acids is 1. The Morgan fingerprint density at radius 2 is 2.19 bits per heavy atom. The van der Waals surface area contributed by atoms with Crippen molar-refractivity contribution in [2.75, 3.05) is 5.75 Å². The van der Waals surface area contributed by atoms with Gasteiger partial charge in [-0.25, -0.2) is 0 Å². The van der Waals surface area contributed by atoms with Gasteiger partial charge in [-0.15, -0.1) is 11.8 Å². The average molecular weight is 326 g/mol. The number of benzene rings is 1. The van der Waals surface area contributed by atoms with E-state index in [0.717, 1.165) is 17.2 Å². The molecule has 116 valence electrons. The Bertz CT molecular complexity index is 480. The Morgan fingerprint density at radius 3 is 2.95 bits per heavy atom. The number of nitrogens with one attached hydrogen (secondary N) is 1. The highest BCUT2D eigenvalue weighted by Gasteiger charge is 2.27. The summed E-state index contributed by atoms with van der Waals surface area (Å²) >= 11 is 7.60. The molecule has 3 atom stereocenters. The summed E-state index contributed by atoms with van der Waals surface area (Å²) in [5.41, 5.74) is 1.17. The Morgan fingerprint density at radius 1 is 1.38 bits per heavy atom. The molecule has 0 aliphatic heterocycles. The fourth-order valence-electron chi connectivity index (χ4n) is 2.92. The maximum atomic E-state index is 12.1. The van der Waals surface area contributed by atoms with Gasteiger partial charge >= 0.3 is 0 Å². The number of hydrogen-bond donors (Lipinski definition) is 1. The highest BCUT2D eigenvalue weighted by molar-refractivity contribution is 7.99. The molecule has 2 rings (SSSR count). The van der Waals surface area contributed by atoms with E-state index in [9.17, 15) is 4.79 Å². The molecular weight excluding hydrogens is 302 g/mol. The average Bonchev–Trinajstić information content (AvgIpc) is 2.44. The third-order valence-corrected chi connectivity index (χ3v) is 5.68. The third-order valence-electron chi connectivity index (χ3n) is 4.44. The van der Waals surface area contributed by atoms with Gasteiger partial charge in [0.05, 0.1) is 5.75 Å². The first-order chi connectivity index (χ1) is 10.1. The molecule has 21 heavy (non-hydrogen) atoms. The molecule has 4 heteroatoms. The topological polar surface area (TPSA) is 29.1 Å². The molecule has 0 aromatic heterocycles. The second kappa shape index (κ2) is 8.09. The highest BCUT2D eigenvalue weighted by Crippen LogP contribution is 2.29. The lowest BCUT2D eigenvalue weighted by molar-refractivity contribution is -0.119. The van der Waals surface area contributed by atoms with E-state index < -0.39 is 0 Å². The predicted molar refractivity (Wildman–Crippen MR) is 91.7 cm³/mol. The van der Waals surface area contributed by atoms with Crippen LogP contribution in [0.2, 0.25) is 5.02 Å². The first-order valence-electron chi connectivity index (χ1n) is 7.68. The van der Waals surface area contributed by atoms with Crippen LogP contribution in [0.15, 0.2) is 24.3 Å². The maximum absolute atomic E-state index is 12.1. The van der Waals surface area contributed by atoms with Gasteiger partial charge in [-0.05, 0) is 36.0 Å². The van der Waals surface area contributed by atoms with Crippen molar-refractivity contribution in [1.29, 1.82) is 0 Å². The lowest BCUT2D eigenvalue weighted by Gasteiger charge is -2.34. The van der Waals surface area contributed by atoms with Gasteiger partial charge in [0.2, 0.25) is 5.91 Å². The number of thioether (sulfide) groups is 1. The van der Waals surface area contributed by atoms with Gasteiger partial charge in [0.25, 0.3) is 0 Å². The number of carbonyl (C=O) groups is 1. The standard InChI is InChI=1S/C17H24ClNOS/c1-12-5-3-8-16(13(12)2)19-17(20)11-21-10-14-6-4-7-15(18)9-14/h4,6-7,9,12-13,16H,3,5,8,10-11H2,1-2H3,(H,19,20)/t12-,13+,16-/m1/s1. The number of rotatable bonds is 5. The zero-order valence-electron chi connectivity index (χ0n) is 12.8. The van der Waals surface area contributed by atoms with Crippen molar-refractivity contribution in [3.63, 3.8) is 0 Å². The lowest BCUT2D eigenvalue weighted by Crippen LogP contribution is -2.44. The molecule has 0 saturated heterocycles. The monoisotopic (exact) mass is 325 g/mol. The van der Waals surface area contributed by atoms with Crippen LogP contribution in [0.4, 0.5) is 0 Å². The van der Waals surface area contributed by atoms with Gasteiger partial charge in [-0.1, -0.05) is 50.4 Å². The lowest BCUT2D eigenvalue weighted by atomic mass is 9.78. The van der Waals surface area contributed by atoms with Crippen LogP contribution in [0.3, 0.4) is 0 Å². The molecule has 1 amide bonds. The maximum Gasteiger partial charge on any atom is 0.230 e. The molecule has 1 saturated carbocycles. The van der Waals surface area contributed by atoms with Crippen molar-refractivity contribution >= 4 is 29.3 Å². The van der Waals surface area contributed by atoms with Crippen molar-refractivity contribution in [3.8, 4) is 0 Å². The fourth-order valence-corrected chi connectivity index (χ4v) is 3.92. The van der Waals surface area contributed by atoms with E-state index in [1.807, 2.05) is 24.3 Å². The summed E-state index contributed by atoms with van der Waals surface area (Å²) in [6, 6.07) is 8.17. The van der Waals surface area contributed by atoms with Gasteiger partial charge < -0.3 is 5.32 Å². The quantitative estimate of drug-likeness (QED) is 0.862. The normalized spacial score (nSPS) is 25.6. The summed E-state index contributed by atoms with van der Waals surface area (Å²) in [7, 11) is 0. The van der Waals surface area contributed by atoms with Crippen LogP contribution in [-0.4, -0.2) is 17.7 Å². The SMILES string of the molecule is C[C@H]1[C@H](C)CCC[C@H]1NC(=O)CSCc1cccc(Cl)c1. The minimum atomic E-state index is 0.160. The van der Waals surface area contributed by atoms with E-state index in [2.05, 4.69) is 19.2 Å². The molecule has 0 unspecified atom stereocenters. The van der Waals surface area contributed by atoms with E-state index in [4.69, 9.17) is 11.6 Å². The Balaban J connectivity index is 1.72. The number of hydrogen-bond acceptors (Lipinski definition) is 2. The van der Waals surface area contributed by atoms with Crippen LogP contribution < -0.4 is 5.32 Å². The summed E-state index contributed by atoms with van der Waals surface area (Å²) in [5, 5.41) is 3.96. The van der Waals surface area contributed by atoms with Crippen molar-refractivity contribution in [2.45, 2.75) is 44.9 Å². The molecule has 1 aromatic rings.